The average Bonchev–Trinajstić information content (AvgIpc) is 3.31. The molecule has 0 saturated carbocycles. The van der Waals surface area contributed by atoms with E-state index in [1.807, 2.05) is 22.9 Å². The summed E-state index contributed by atoms with van der Waals surface area (Å²) in [5.74, 6) is -0.358. The van der Waals surface area contributed by atoms with Crippen LogP contribution in [0.25, 0.3) is 21.8 Å². The molecule has 1 unspecified atom stereocenters. The number of nitrogens with zero attached hydrogens (tertiary/aromatic N) is 3. The first kappa shape index (κ1) is 17.5. The third-order valence-corrected chi connectivity index (χ3v) is 5.00. The Kier molecular flexibility index (Phi) is 4.58. The van der Waals surface area contributed by atoms with E-state index in [9.17, 15) is 4.79 Å². The third kappa shape index (κ3) is 3.06. The second-order valence-electron chi connectivity index (χ2n) is 6.49. The number of halogens is 1. The van der Waals surface area contributed by atoms with Crippen molar-refractivity contribution in [2.45, 2.75) is 25.8 Å². The van der Waals surface area contributed by atoms with Gasteiger partial charge in [0.05, 0.1) is 42.1 Å². The van der Waals surface area contributed by atoms with Crippen molar-refractivity contribution in [1.29, 1.82) is 0 Å². The largest absolute Gasteiger partial charge is 0.465 e. The van der Waals surface area contributed by atoms with Crippen LogP contribution in [-0.2, 0) is 4.74 Å². The first-order valence-electron chi connectivity index (χ1n) is 8.80. The zero-order chi connectivity index (χ0) is 19.0. The fourth-order valence-corrected chi connectivity index (χ4v) is 3.77. The second kappa shape index (κ2) is 7.04. The molecule has 2 aromatic carbocycles. The van der Waals surface area contributed by atoms with Crippen LogP contribution in [0.3, 0.4) is 0 Å². The number of aromatic amines is 1. The minimum atomic E-state index is -0.358. The first-order valence-corrected chi connectivity index (χ1v) is 9.18. The number of benzene rings is 2. The lowest BCUT2D eigenvalue weighted by Gasteiger charge is -2.20. The number of carbonyl (C=O) groups excluding carboxylic acids is 1. The molecule has 27 heavy (non-hydrogen) atoms. The summed E-state index contributed by atoms with van der Waals surface area (Å²) < 4.78 is 6.80. The van der Waals surface area contributed by atoms with E-state index in [1.54, 1.807) is 24.5 Å². The Hall–Kier alpha value is -2.86. The van der Waals surface area contributed by atoms with Gasteiger partial charge in [-0.25, -0.2) is 4.79 Å². The highest BCUT2D eigenvalue weighted by atomic mass is 35.5. The molecule has 2 aromatic heterocycles. The van der Waals surface area contributed by atoms with Crippen LogP contribution in [0, 0.1) is 0 Å². The van der Waals surface area contributed by atoms with Crippen LogP contribution < -0.4 is 0 Å². The van der Waals surface area contributed by atoms with Gasteiger partial charge in [0, 0.05) is 21.4 Å². The van der Waals surface area contributed by atoms with E-state index in [2.05, 4.69) is 22.2 Å². The first-order chi connectivity index (χ1) is 13.1. The van der Waals surface area contributed by atoms with Gasteiger partial charge in [-0.2, -0.15) is 10.2 Å². The maximum Gasteiger partial charge on any atom is 0.337 e. The van der Waals surface area contributed by atoms with E-state index >= 15 is 0 Å². The fraction of sp³-hybridized carbons (Fsp3) is 0.250. The SMILES string of the molecule is CCCC(c1cc(Cl)cc2cn[nH]c12)n1ncc2cc(C(=O)OC)ccc21. The molecule has 0 aliphatic carbocycles. The van der Waals surface area contributed by atoms with Gasteiger partial charge in [0.1, 0.15) is 0 Å². The summed E-state index contributed by atoms with van der Waals surface area (Å²) in [6, 6.07) is 9.34. The molecule has 1 N–H and O–H groups in total. The average molecular weight is 383 g/mol. The van der Waals surface area contributed by atoms with Gasteiger partial charge in [0.15, 0.2) is 0 Å². The maximum atomic E-state index is 11.8. The van der Waals surface area contributed by atoms with Crippen LogP contribution in [0.2, 0.25) is 5.02 Å². The Morgan fingerprint density at radius 3 is 2.89 bits per heavy atom. The van der Waals surface area contributed by atoms with Crippen LogP contribution in [0.15, 0.2) is 42.7 Å². The summed E-state index contributed by atoms with van der Waals surface area (Å²) in [5.41, 5.74) is 3.48. The van der Waals surface area contributed by atoms with Crippen molar-refractivity contribution in [2.75, 3.05) is 7.11 Å². The summed E-state index contributed by atoms with van der Waals surface area (Å²) >= 11 is 6.35. The van der Waals surface area contributed by atoms with Crippen molar-refractivity contribution in [3.8, 4) is 0 Å². The number of ether oxygens (including phenoxy) is 1. The van der Waals surface area contributed by atoms with Gasteiger partial charge in [0.25, 0.3) is 0 Å². The number of esters is 1. The van der Waals surface area contributed by atoms with Crippen molar-refractivity contribution in [2.24, 2.45) is 0 Å². The number of aromatic nitrogens is 4. The van der Waals surface area contributed by atoms with Crippen molar-refractivity contribution >= 4 is 39.4 Å². The van der Waals surface area contributed by atoms with E-state index < -0.39 is 0 Å². The molecule has 0 amide bonds. The van der Waals surface area contributed by atoms with E-state index in [1.165, 1.54) is 7.11 Å². The van der Waals surface area contributed by atoms with Crippen LogP contribution in [0.5, 0.6) is 0 Å². The molecule has 0 aliphatic heterocycles. The van der Waals surface area contributed by atoms with Crippen LogP contribution in [-0.4, -0.2) is 33.1 Å². The predicted octanol–water partition coefficient (Wildman–Crippen LogP) is 4.74. The number of methoxy groups -OCH3 is 1. The number of carbonyl (C=O) groups is 1. The molecule has 0 fully saturated rings. The smallest absolute Gasteiger partial charge is 0.337 e. The van der Waals surface area contributed by atoms with Crippen molar-refractivity contribution in [1.82, 2.24) is 20.0 Å². The van der Waals surface area contributed by atoms with Crippen molar-refractivity contribution < 1.29 is 9.53 Å². The Labute approximate surface area is 161 Å². The number of fused-ring (bicyclic) bond motifs is 2. The van der Waals surface area contributed by atoms with Gasteiger partial charge in [-0.3, -0.25) is 9.78 Å². The molecular weight excluding hydrogens is 364 g/mol. The topological polar surface area (TPSA) is 72.8 Å². The summed E-state index contributed by atoms with van der Waals surface area (Å²) in [5, 5.41) is 14.4. The molecule has 0 bridgehead atoms. The highest BCUT2D eigenvalue weighted by Gasteiger charge is 2.21. The highest BCUT2D eigenvalue weighted by molar-refractivity contribution is 6.31. The zero-order valence-electron chi connectivity index (χ0n) is 15.1. The molecule has 0 aliphatic rings. The highest BCUT2D eigenvalue weighted by Crippen LogP contribution is 2.33. The van der Waals surface area contributed by atoms with Crippen molar-refractivity contribution in [3.05, 3.63) is 58.9 Å². The van der Waals surface area contributed by atoms with Crippen LogP contribution in [0.1, 0.15) is 41.7 Å². The Balaban J connectivity index is 1.87. The molecule has 0 spiro atoms. The lowest BCUT2D eigenvalue weighted by atomic mass is 9.99. The molecule has 0 radical (unpaired) electrons. The maximum absolute atomic E-state index is 11.8. The summed E-state index contributed by atoms with van der Waals surface area (Å²) in [6.45, 7) is 2.14. The zero-order valence-corrected chi connectivity index (χ0v) is 15.8. The molecule has 4 aromatic rings. The number of H-pyrrole nitrogens is 1. The lowest BCUT2D eigenvalue weighted by Crippen LogP contribution is -2.13. The number of hydrogen-bond acceptors (Lipinski definition) is 4. The monoisotopic (exact) mass is 382 g/mol. The number of hydrogen-bond donors (Lipinski definition) is 1. The van der Waals surface area contributed by atoms with Gasteiger partial charge in [-0.05, 0) is 36.8 Å². The van der Waals surface area contributed by atoms with E-state index in [0.717, 1.165) is 40.2 Å². The molecule has 1 atom stereocenters. The molecule has 2 heterocycles. The summed E-state index contributed by atoms with van der Waals surface area (Å²) in [6.07, 6.45) is 5.43. The molecule has 0 saturated heterocycles. The molecule has 7 heteroatoms. The third-order valence-electron chi connectivity index (χ3n) is 4.78. The second-order valence-corrected chi connectivity index (χ2v) is 6.92. The minimum absolute atomic E-state index is 0.00173. The summed E-state index contributed by atoms with van der Waals surface area (Å²) in [4.78, 5) is 11.8. The number of nitrogens with one attached hydrogen (secondary N) is 1. The molecule has 6 nitrogen and oxygen atoms in total. The Morgan fingerprint density at radius 1 is 1.26 bits per heavy atom. The number of rotatable bonds is 5. The normalized spacial score (nSPS) is 12.6. The van der Waals surface area contributed by atoms with Gasteiger partial charge >= 0.3 is 5.97 Å². The Morgan fingerprint density at radius 2 is 2.11 bits per heavy atom. The predicted molar refractivity (Wildman–Crippen MR) is 105 cm³/mol. The lowest BCUT2D eigenvalue weighted by molar-refractivity contribution is 0.0601. The molecular formula is C20H19ClN4O2. The van der Waals surface area contributed by atoms with Crippen LogP contribution in [0.4, 0.5) is 0 Å². The minimum Gasteiger partial charge on any atom is -0.465 e. The fourth-order valence-electron chi connectivity index (χ4n) is 3.54. The standard InChI is InChI=1S/C20H19ClN4O2/c1-3-4-18(16-9-15(21)8-14-10-22-24-19(14)16)25-17-6-5-12(20(26)27-2)7-13(17)11-23-25/h5-11,18H,3-4H2,1-2H3,(H,22,24). The van der Waals surface area contributed by atoms with Gasteiger partial charge in [-0.15, -0.1) is 0 Å². The van der Waals surface area contributed by atoms with E-state index in [0.29, 0.717) is 10.6 Å². The van der Waals surface area contributed by atoms with Gasteiger partial charge in [0.2, 0.25) is 0 Å². The molecule has 4 rings (SSSR count). The van der Waals surface area contributed by atoms with E-state index in [4.69, 9.17) is 16.3 Å². The van der Waals surface area contributed by atoms with Crippen LogP contribution >= 0.6 is 11.6 Å². The van der Waals surface area contributed by atoms with Gasteiger partial charge < -0.3 is 4.74 Å². The van der Waals surface area contributed by atoms with Crippen molar-refractivity contribution in [3.63, 3.8) is 0 Å². The summed E-state index contributed by atoms with van der Waals surface area (Å²) in [7, 11) is 1.38. The Bertz CT molecular complexity index is 1130. The van der Waals surface area contributed by atoms with E-state index in [-0.39, 0.29) is 12.0 Å². The quantitative estimate of drug-likeness (QED) is 0.506. The molecule has 138 valence electrons. The van der Waals surface area contributed by atoms with Gasteiger partial charge in [-0.1, -0.05) is 24.9 Å².